The Hall–Kier alpha value is -2.36. The van der Waals surface area contributed by atoms with Crippen LogP contribution >= 0.6 is 0 Å². The van der Waals surface area contributed by atoms with Gasteiger partial charge in [0, 0.05) is 51.5 Å². The average molecular weight is 351 g/mol. The summed E-state index contributed by atoms with van der Waals surface area (Å²) in [6.45, 7) is 7.16. The maximum absolute atomic E-state index is 9.28. The minimum absolute atomic E-state index is 0.671. The van der Waals surface area contributed by atoms with Crippen molar-refractivity contribution in [2.45, 2.75) is 25.4 Å². The molecule has 2 saturated heterocycles. The minimum Gasteiger partial charge on any atom is -0.468 e. The summed E-state index contributed by atoms with van der Waals surface area (Å²) in [5.41, 5.74) is 0.673. The van der Waals surface area contributed by atoms with Gasteiger partial charge in [-0.05, 0) is 37.1 Å². The molecule has 6 nitrogen and oxygen atoms in total. The molecule has 0 saturated carbocycles. The number of hydrogen-bond donors (Lipinski definition) is 0. The van der Waals surface area contributed by atoms with Gasteiger partial charge in [0.1, 0.15) is 17.6 Å². The molecule has 2 aliphatic rings. The Balaban J connectivity index is 1.27. The predicted octanol–water partition coefficient (Wildman–Crippen LogP) is 2.33. The van der Waals surface area contributed by atoms with E-state index in [1.54, 1.807) is 12.5 Å². The minimum atomic E-state index is 0.671. The van der Waals surface area contributed by atoms with E-state index in [2.05, 4.69) is 31.8 Å². The molecule has 0 atom stereocenters. The monoisotopic (exact) mass is 351 g/mol. The molecule has 0 unspecified atom stereocenters. The highest BCUT2D eigenvalue weighted by Gasteiger charge is 2.28. The van der Waals surface area contributed by atoms with Gasteiger partial charge >= 0.3 is 0 Å². The number of anilines is 1. The number of likely N-dealkylation sites (tertiary alicyclic amines) is 1. The molecule has 6 heteroatoms. The third-order valence-electron chi connectivity index (χ3n) is 5.55. The molecule has 26 heavy (non-hydrogen) atoms. The van der Waals surface area contributed by atoms with E-state index in [4.69, 9.17) is 4.42 Å². The van der Waals surface area contributed by atoms with Gasteiger partial charge < -0.3 is 9.32 Å². The standard InChI is InChI=1S/C20H25N5O/c21-15-17-3-1-7-22-20(17)25-12-10-24(11-13-25)18-5-8-23(9-6-18)16-19-4-2-14-26-19/h1-4,7,14,18H,5-6,8-13,16H2. The van der Waals surface area contributed by atoms with Gasteiger partial charge in [0.25, 0.3) is 0 Å². The summed E-state index contributed by atoms with van der Waals surface area (Å²) in [6.07, 6.45) is 5.96. The number of piperazine rings is 1. The summed E-state index contributed by atoms with van der Waals surface area (Å²) >= 11 is 0. The molecule has 0 aromatic carbocycles. The van der Waals surface area contributed by atoms with Crippen molar-refractivity contribution in [1.82, 2.24) is 14.8 Å². The van der Waals surface area contributed by atoms with E-state index in [0.29, 0.717) is 11.6 Å². The SMILES string of the molecule is N#Cc1cccnc1N1CCN(C2CCN(Cc3ccco3)CC2)CC1. The van der Waals surface area contributed by atoms with Gasteiger partial charge in [0.05, 0.1) is 18.4 Å². The van der Waals surface area contributed by atoms with E-state index in [9.17, 15) is 5.26 Å². The molecule has 0 N–H and O–H groups in total. The summed E-state index contributed by atoms with van der Waals surface area (Å²) in [5, 5.41) is 9.28. The van der Waals surface area contributed by atoms with Crippen molar-refractivity contribution in [1.29, 1.82) is 5.26 Å². The van der Waals surface area contributed by atoms with E-state index in [0.717, 1.165) is 57.4 Å². The fourth-order valence-corrected chi connectivity index (χ4v) is 4.10. The lowest BCUT2D eigenvalue weighted by molar-refractivity contribution is 0.0961. The van der Waals surface area contributed by atoms with Crippen molar-refractivity contribution in [3.63, 3.8) is 0 Å². The van der Waals surface area contributed by atoms with Gasteiger partial charge in [-0.2, -0.15) is 5.26 Å². The Morgan fingerprint density at radius 3 is 2.58 bits per heavy atom. The molecule has 4 heterocycles. The van der Waals surface area contributed by atoms with Crippen LogP contribution in [0.25, 0.3) is 0 Å². The highest BCUT2D eigenvalue weighted by atomic mass is 16.3. The molecule has 2 aromatic heterocycles. The first-order valence-corrected chi connectivity index (χ1v) is 9.42. The van der Waals surface area contributed by atoms with Gasteiger partial charge in [0.2, 0.25) is 0 Å². The lowest BCUT2D eigenvalue weighted by Crippen LogP contribution is -2.53. The molecular formula is C20H25N5O. The van der Waals surface area contributed by atoms with Gasteiger partial charge in [-0.15, -0.1) is 0 Å². The van der Waals surface area contributed by atoms with Crippen LogP contribution in [0.15, 0.2) is 41.1 Å². The molecule has 2 aliphatic heterocycles. The van der Waals surface area contributed by atoms with Crippen molar-refractivity contribution in [2.24, 2.45) is 0 Å². The van der Waals surface area contributed by atoms with Crippen LogP contribution in [-0.2, 0) is 6.54 Å². The maximum atomic E-state index is 9.28. The Labute approximate surface area is 154 Å². The van der Waals surface area contributed by atoms with Crippen molar-refractivity contribution in [2.75, 3.05) is 44.2 Å². The van der Waals surface area contributed by atoms with Crippen LogP contribution in [0.1, 0.15) is 24.2 Å². The summed E-state index contributed by atoms with van der Waals surface area (Å²) in [4.78, 5) is 11.8. The molecule has 0 spiro atoms. The Kier molecular flexibility index (Phi) is 5.19. The zero-order chi connectivity index (χ0) is 17.8. The third kappa shape index (κ3) is 3.74. The second kappa shape index (κ2) is 7.90. The van der Waals surface area contributed by atoms with Crippen LogP contribution in [0.3, 0.4) is 0 Å². The van der Waals surface area contributed by atoms with Crippen LogP contribution in [0, 0.1) is 11.3 Å². The van der Waals surface area contributed by atoms with Gasteiger partial charge in [0.15, 0.2) is 0 Å². The van der Waals surface area contributed by atoms with Gasteiger partial charge in [-0.25, -0.2) is 4.98 Å². The fraction of sp³-hybridized carbons (Fsp3) is 0.500. The Bertz CT molecular complexity index is 738. The molecule has 0 amide bonds. The van der Waals surface area contributed by atoms with Gasteiger partial charge in [-0.3, -0.25) is 9.80 Å². The molecule has 2 aromatic rings. The topological polar surface area (TPSA) is 59.5 Å². The van der Waals surface area contributed by atoms with E-state index >= 15 is 0 Å². The van der Waals surface area contributed by atoms with E-state index in [-0.39, 0.29) is 0 Å². The molecule has 2 fully saturated rings. The summed E-state index contributed by atoms with van der Waals surface area (Å²) in [7, 11) is 0. The number of aromatic nitrogens is 1. The highest BCUT2D eigenvalue weighted by Crippen LogP contribution is 2.23. The number of furan rings is 1. The number of nitrogens with zero attached hydrogens (tertiary/aromatic N) is 5. The lowest BCUT2D eigenvalue weighted by Gasteiger charge is -2.43. The number of rotatable bonds is 4. The van der Waals surface area contributed by atoms with Crippen LogP contribution in [0.5, 0.6) is 0 Å². The van der Waals surface area contributed by atoms with Crippen LogP contribution < -0.4 is 4.90 Å². The number of pyridine rings is 1. The zero-order valence-corrected chi connectivity index (χ0v) is 15.0. The first kappa shape index (κ1) is 17.1. The van der Waals surface area contributed by atoms with Crippen molar-refractivity contribution < 1.29 is 4.42 Å². The van der Waals surface area contributed by atoms with E-state index in [1.807, 2.05) is 18.2 Å². The van der Waals surface area contributed by atoms with E-state index in [1.165, 1.54) is 12.8 Å². The Morgan fingerprint density at radius 2 is 1.88 bits per heavy atom. The van der Waals surface area contributed by atoms with Crippen molar-refractivity contribution in [3.05, 3.63) is 48.0 Å². The quantitative estimate of drug-likeness (QED) is 0.843. The largest absolute Gasteiger partial charge is 0.468 e. The molecule has 4 rings (SSSR count). The first-order chi connectivity index (χ1) is 12.8. The molecular weight excluding hydrogens is 326 g/mol. The molecule has 136 valence electrons. The summed E-state index contributed by atoms with van der Waals surface area (Å²) in [5.74, 6) is 1.89. The second-order valence-electron chi connectivity index (χ2n) is 7.10. The number of piperidine rings is 1. The zero-order valence-electron chi connectivity index (χ0n) is 15.0. The number of nitriles is 1. The first-order valence-electron chi connectivity index (χ1n) is 9.42. The Morgan fingerprint density at radius 1 is 1.08 bits per heavy atom. The fourth-order valence-electron chi connectivity index (χ4n) is 4.10. The average Bonchev–Trinajstić information content (AvgIpc) is 3.22. The molecule has 0 aliphatic carbocycles. The van der Waals surface area contributed by atoms with Crippen LogP contribution in [0.2, 0.25) is 0 Å². The highest BCUT2D eigenvalue weighted by molar-refractivity contribution is 5.53. The normalized spacial score (nSPS) is 20.2. The van der Waals surface area contributed by atoms with Crippen molar-refractivity contribution >= 4 is 5.82 Å². The van der Waals surface area contributed by atoms with Gasteiger partial charge in [-0.1, -0.05) is 0 Å². The predicted molar refractivity (Wildman–Crippen MR) is 99.7 cm³/mol. The van der Waals surface area contributed by atoms with E-state index < -0.39 is 0 Å². The smallest absolute Gasteiger partial charge is 0.146 e. The summed E-state index contributed by atoms with van der Waals surface area (Å²) < 4.78 is 5.47. The third-order valence-corrected chi connectivity index (χ3v) is 5.55. The lowest BCUT2D eigenvalue weighted by atomic mass is 10.0. The number of hydrogen-bond acceptors (Lipinski definition) is 6. The molecule has 0 radical (unpaired) electrons. The van der Waals surface area contributed by atoms with Crippen molar-refractivity contribution in [3.8, 4) is 6.07 Å². The van der Waals surface area contributed by atoms with Crippen LogP contribution in [-0.4, -0.2) is 60.1 Å². The summed E-state index contributed by atoms with van der Waals surface area (Å²) in [6, 6.07) is 10.6. The maximum Gasteiger partial charge on any atom is 0.146 e. The second-order valence-corrected chi connectivity index (χ2v) is 7.10. The molecule has 0 bridgehead atoms. The van der Waals surface area contributed by atoms with Crippen LogP contribution in [0.4, 0.5) is 5.82 Å².